The third-order valence-corrected chi connectivity index (χ3v) is 5.15. The first-order valence-electron chi connectivity index (χ1n) is 9.57. The second kappa shape index (κ2) is 8.60. The number of aromatic nitrogens is 3. The molecule has 2 fully saturated rings. The molecular weight excluding hydrogens is 304 g/mol. The number of likely N-dealkylation sites (tertiary alicyclic amines) is 1. The summed E-state index contributed by atoms with van der Waals surface area (Å²) in [7, 11) is 0. The van der Waals surface area contributed by atoms with Gasteiger partial charge in [-0.15, -0.1) is 5.10 Å². The quantitative estimate of drug-likeness (QED) is 0.802. The minimum Gasteiger partial charge on any atom is -0.376 e. The van der Waals surface area contributed by atoms with E-state index in [4.69, 9.17) is 4.74 Å². The summed E-state index contributed by atoms with van der Waals surface area (Å²) in [4.78, 5) is 14.6. The number of ether oxygens (including phenoxy) is 1. The largest absolute Gasteiger partial charge is 0.376 e. The summed E-state index contributed by atoms with van der Waals surface area (Å²) in [6, 6.07) is 0. The summed E-state index contributed by atoms with van der Waals surface area (Å²) in [5.41, 5.74) is 0.474. The Morgan fingerprint density at radius 1 is 1.25 bits per heavy atom. The predicted molar refractivity (Wildman–Crippen MR) is 91.8 cm³/mol. The molecule has 0 bridgehead atoms. The molecule has 24 heavy (non-hydrogen) atoms. The van der Waals surface area contributed by atoms with Crippen molar-refractivity contribution in [2.75, 3.05) is 19.7 Å². The predicted octanol–water partition coefficient (Wildman–Crippen LogP) is 2.89. The van der Waals surface area contributed by atoms with Crippen molar-refractivity contribution in [2.24, 2.45) is 5.92 Å². The average molecular weight is 334 g/mol. The molecule has 1 aliphatic carbocycles. The summed E-state index contributed by atoms with van der Waals surface area (Å²) >= 11 is 0. The van der Waals surface area contributed by atoms with E-state index >= 15 is 0 Å². The van der Waals surface area contributed by atoms with E-state index in [1.807, 2.05) is 15.8 Å². The topological polar surface area (TPSA) is 60.2 Å². The summed E-state index contributed by atoms with van der Waals surface area (Å²) in [6.45, 7) is 5.23. The van der Waals surface area contributed by atoms with Gasteiger partial charge in [-0.05, 0) is 38.0 Å². The van der Waals surface area contributed by atoms with Crippen molar-refractivity contribution < 1.29 is 9.53 Å². The lowest BCUT2D eigenvalue weighted by Gasteiger charge is -2.32. The van der Waals surface area contributed by atoms with E-state index < -0.39 is 0 Å². The van der Waals surface area contributed by atoms with Crippen molar-refractivity contribution >= 4 is 5.91 Å². The monoisotopic (exact) mass is 334 g/mol. The number of rotatable bonds is 6. The second-order valence-corrected chi connectivity index (χ2v) is 7.22. The third-order valence-electron chi connectivity index (χ3n) is 5.15. The van der Waals surface area contributed by atoms with Gasteiger partial charge >= 0.3 is 0 Å². The molecule has 1 amide bonds. The normalized spacial score (nSPS) is 22.7. The Morgan fingerprint density at radius 3 is 2.88 bits per heavy atom. The highest BCUT2D eigenvalue weighted by Gasteiger charge is 2.26. The van der Waals surface area contributed by atoms with Gasteiger partial charge in [0.15, 0.2) is 5.69 Å². The van der Waals surface area contributed by atoms with Crippen molar-refractivity contribution in [2.45, 2.75) is 70.9 Å². The highest BCUT2D eigenvalue weighted by molar-refractivity contribution is 5.92. The van der Waals surface area contributed by atoms with E-state index in [0.29, 0.717) is 18.2 Å². The Hall–Kier alpha value is -1.43. The molecule has 0 aromatic carbocycles. The van der Waals surface area contributed by atoms with Gasteiger partial charge in [-0.3, -0.25) is 9.48 Å². The maximum absolute atomic E-state index is 12.7. The molecule has 1 saturated heterocycles. The molecule has 2 heterocycles. The number of carbonyl (C=O) groups is 1. The zero-order valence-electron chi connectivity index (χ0n) is 14.8. The maximum atomic E-state index is 12.7. The van der Waals surface area contributed by atoms with E-state index in [1.54, 1.807) is 0 Å². The van der Waals surface area contributed by atoms with Crippen LogP contribution < -0.4 is 0 Å². The molecule has 0 spiro atoms. The summed E-state index contributed by atoms with van der Waals surface area (Å²) < 4.78 is 7.68. The standard InChI is InChI=1S/C18H30N4O2/c1-2-11-24-16-9-6-10-21(13-16)18(23)17-14-22(20-19-17)12-15-7-4-3-5-8-15/h14-16H,2-13H2,1H3. The van der Waals surface area contributed by atoms with Gasteiger partial charge in [0.05, 0.1) is 12.3 Å². The average Bonchev–Trinajstić information content (AvgIpc) is 3.09. The van der Waals surface area contributed by atoms with Crippen LogP contribution in [0, 0.1) is 5.92 Å². The van der Waals surface area contributed by atoms with E-state index in [2.05, 4.69) is 17.2 Å². The van der Waals surface area contributed by atoms with Crippen molar-refractivity contribution in [3.05, 3.63) is 11.9 Å². The molecule has 1 aromatic heterocycles. The van der Waals surface area contributed by atoms with Gasteiger partial charge in [0.2, 0.25) is 0 Å². The first-order valence-corrected chi connectivity index (χ1v) is 9.57. The Bertz CT molecular complexity index is 525. The SMILES string of the molecule is CCCOC1CCCN(C(=O)c2cn(CC3CCCCC3)nn2)C1. The number of piperidine rings is 1. The first kappa shape index (κ1) is 17.4. The molecule has 1 saturated carbocycles. The van der Waals surface area contributed by atoms with Crippen LogP contribution in [0.2, 0.25) is 0 Å². The molecule has 0 radical (unpaired) electrons. The van der Waals surface area contributed by atoms with Gasteiger partial charge in [0.1, 0.15) is 0 Å². The van der Waals surface area contributed by atoms with Crippen LogP contribution in [0.25, 0.3) is 0 Å². The third kappa shape index (κ3) is 4.56. The molecule has 6 heteroatoms. The van der Waals surface area contributed by atoms with Crippen molar-refractivity contribution in [1.29, 1.82) is 0 Å². The van der Waals surface area contributed by atoms with Crippen LogP contribution in [-0.4, -0.2) is 51.6 Å². The minimum absolute atomic E-state index is 0.00491. The molecule has 1 atom stereocenters. The van der Waals surface area contributed by atoms with Crippen LogP contribution >= 0.6 is 0 Å². The highest BCUT2D eigenvalue weighted by atomic mass is 16.5. The Morgan fingerprint density at radius 2 is 2.08 bits per heavy atom. The van der Waals surface area contributed by atoms with E-state index in [1.165, 1.54) is 32.1 Å². The van der Waals surface area contributed by atoms with E-state index in [9.17, 15) is 4.79 Å². The van der Waals surface area contributed by atoms with Gasteiger partial charge in [0.25, 0.3) is 5.91 Å². The number of nitrogens with zero attached hydrogens (tertiary/aromatic N) is 4. The number of hydrogen-bond acceptors (Lipinski definition) is 4. The highest BCUT2D eigenvalue weighted by Crippen LogP contribution is 2.24. The molecule has 2 aliphatic rings. The van der Waals surface area contributed by atoms with Crippen molar-refractivity contribution in [1.82, 2.24) is 19.9 Å². The second-order valence-electron chi connectivity index (χ2n) is 7.22. The van der Waals surface area contributed by atoms with E-state index in [0.717, 1.165) is 39.0 Å². The zero-order chi connectivity index (χ0) is 16.8. The number of hydrogen-bond donors (Lipinski definition) is 0. The first-order chi connectivity index (χ1) is 11.8. The van der Waals surface area contributed by atoms with Crippen molar-refractivity contribution in [3.63, 3.8) is 0 Å². The summed E-state index contributed by atoms with van der Waals surface area (Å²) in [5, 5.41) is 8.31. The van der Waals surface area contributed by atoms with Gasteiger partial charge in [0, 0.05) is 26.2 Å². The fourth-order valence-corrected chi connectivity index (χ4v) is 3.83. The smallest absolute Gasteiger partial charge is 0.276 e. The molecule has 3 rings (SSSR count). The maximum Gasteiger partial charge on any atom is 0.276 e. The van der Waals surface area contributed by atoms with Gasteiger partial charge in [-0.1, -0.05) is 31.4 Å². The molecular formula is C18H30N4O2. The molecule has 0 N–H and O–H groups in total. The molecule has 1 aliphatic heterocycles. The molecule has 6 nitrogen and oxygen atoms in total. The van der Waals surface area contributed by atoms with Crippen LogP contribution in [0.3, 0.4) is 0 Å². The lowest BCUT2D eigenvalue weighted by atomic mass is 9.89. The van der Waals surface area contributed by atoms with Crippen LogP contribution in [0.5, 0.6) is 0 Å². The van der Waals surface area contributed by atoms with Crippen LogP contribution in [0.4, 0.5) is 0 Å². The van der Waals surface area contributed by atoms with Crippen LogP contribution in [0.15, 0.2) is 6.20 Å². The Kier molecular flexibility index (Phi) is 6.24. The summed E-state index contributed by atoms with van der Waals surface area (Å²) in [5.74, 6) is 0.680. The van der Waals surface area contributed by atoms with Crippen LogP contribution in [0.1, 0.15) is 68.8 Å². The molecule has 134 valence electrons. The fourth-order valence-electron chi connectivity index (χ4n) is 3.83. The van der Waals surface area contributed by atoms with Crippen LogP contribution in [-0.2, 0) is 11.3 Å². The summed E-state index contributed by atoms with van der Waals surface area (Å²) in [6.07, 6.45) is 11.6. The molecule has 1 aromatic rings. The van der Waals surface area contributed by atoms with Crippen molar-refractivity contribution in [3.8, 4) is 0 Å². The number of amides is 1. The zero-order valence-corrected chi connectivity index (χ0v) is 14.8. The van der Waals surface area contributed by atoms with Gasteiger partial charge in [-0.2, -0.15) is 0 Å². The fraction of sp³-hybridized carbons (Fsp3) is 0.833. The Labute approximate surface area is 144 Å². The molecule has 1 unspecified atom stereocenters. The lowest BCUT2D eigenvalue weighted by Crippen LogP contribution is -2.43. The van der Waals surface area contributed by atoms with E-state index in [-0.39, 0.29) is 12.0 Å². The lowest BCUT2D eigenvalue weighted by molar-refractivity contribution is 0.00192. The number of carbonyl (C=O) groups excluding carboxylic acids is 1. The minimum atomic E-state index is -0.00491. The van der Waals surface area contributed by atoms with Gasteiger partial charge < -0.3 is 9.64 Å². The van der Waals surface area contributed by atoms with Gasteiger partial charge in [-0.25, -0.2) is 0 Å². The Balaban J connectivity index is 1.54.